The Bertz CT molecular complexity index is 269. The highest BCUT2D eigenvalue weighted by Gasteiger charge is 1.99. The summed E-state index contributed by atoms with van der Waals surface area (Å²) in [4.78, 5) is 0. The Balaban J connectivity index is 2.36. The molecule has 0 aliphatic rings. The van der Waals surface area contributed by atoms with Crippen molar-refractivity contribution in [3.63, 3.8) is 0 Å². The molecule has 0 aliphatic carbocycles. The van der Waals surface area contributed by atoms with Gasteiger partial charge in [0.2, 0.25) is 0 Å². The Kier molecular flexibility index (Phi) is 5.15. The van der Waals surface area contributed by atoms with E-state index in [1.54, 1.807) is 7.11 Å². The summed E-state index contributed by atoms with van der Waals surface area (Å²) in [6.07, 6.45) is 0.908. The molecule has 0 heterocycles. The Hall–Kier alpha value is -1.06. The van der Waals surface area contributed by atoms with Gasteiger partial charge >= 0.3 is 0 Å². The number of benzene rings is 1. The number of rotatable bonds is 6. The van der Waals surface area contributed by atoms with Crippen LogP contribution in [0.5, 0.6) is 5.75 Å². The first-order valence-electron chi connectivity index (χ1n) is 5.21. The SMILES string of the molecule is COCCCOc1ccc([C@@H](C)N)cc1. The summed E-state index contributed by atoms with van der Waals surface area (Å²) in [5, 5.41) is 0. The second-order valence-corrected chi connectivity index (χ2v) is 3.55. The quantitative estimate of drug-likeness (QED) is 0.730. The summed E-state index contributed by atoms with van der Waals surface area (Å²) in [6, 6.07) is 7.97. The lowest BCUT2D eigenvalue weighted by Gasteiger charge is -2.08. The molecule has 1 rings (SSSR count). The predicted molar refractivity (Wildman–Crippen MR) is 61.0 cm³/mol. The highest BCUT2D eigenvalue weighted by atomic mass is 16.5. The molecule has 0 radical (unpaired) electrons. The summed E-state index contributed by atoms with van der Waals surface area (Å²) in [6.45, 7) is 3.39. The van der Waals surface area contributed by atoms with E-state index in [4.69, 9.17) is 15.2 Å². The first kappa shape index (κ1) is 12.0. The summed E-state index contributed by atoms with van der Waals surface area (Å²) in [5.74, 6) is 0.885. The van der Waals surface area contributed by atoms with Crippen molar-refractivity contribution in [3.05, 3.63) is 29.8 Å². The van der Waals surface area contributed by atoms with Gasteiger partial charge in [0.25, 0.3) is 0 Å². The molecule has 0 aliphatic heterocycles. The molecular formula is C12H19NO2. The fraction of sp³-hybridized carbons (Fsp3) is 0.500. The van der Waals surface area contributed by atoms with Gasteiger partial charge in [0.15, 0.2) is 0 Å². The van der Waals surface area contributed by atoms with Crippen LogP contribution in [0, 0.1) is 0 Å². The summed E-state index contributed by atoms with van der Waals surface area (Å²) in [5.41, 5.74) is 6.87. The van der Waals surface area contributed by atoms with Crippen LogP contribution in [-0.2, 0) is 4.74 Å². The lowest BCUT2D eigenvalue weighted by atomic mass is 10.1. The van der Waals surface area contributed by atoms with E-state index in [1.165, 1.54) is 0 Å². The van der Waals surface area contributed by atoms with Crippen molar-refractivity contribution in [2.45, 2.75) is 19.4 Å². The van der Waals surface area contributed by atoms with Crippen LogP contribution in [0.15, 0.2) is 24.3 Å². The average molecular weight is 209 g/mol. The van der Waals surface area contributed by atoms with Crippen molar-refractivity contribution >= 4 is 0 Å². The van der Waals surface area contributed by atoms with Crippen LogP contribution in [0.1, 0.15) is 24.9 Å². The molecule has 0 unspecified atom stereocenters. The van der Waals surface area contributed by atoms with Crippen LogP contribution in [0.4, 0.5) is 0 Å². The predicted octanol–water partition coefficient (Wildman–Crippen LogP) is 2.12. The number of methoxy groups -OCH3 is 1. The largest absolute Gasteiger partial charge is 0.494 e. The van der Waals surface area contributed by atoms with Gasteiger partial charge in [-0.1, -0.05) is 12.1 Å². The van der Waals surface area contributed by atoms with E-state index in [9.17, 15) is 0 Å². The van der Waals surface area contributed by atoms with Crippen LogP contribution >= 0.6 is 0 Å². The molecule has 0 amide bonds. The van der Waals surface area contributed by atoms with Crippen LogP contribution in [0.3, 0.4) is 0 Å². The molecule has 0 saturated heterocycles. The first-order chi connectivity index (χ1) is 7.24. The topological polar surface area (TPSA) is 44.5 Å². The molecule has 0 aromatic heterocycles. The summed E-state index contributed by atoms with van der Waals surface area (Å²) < 4.78 is 10.5. The second kappa shape index (κ2) is 6.43. The standard InChI is InChI=1S/C12H19NO2/c1-10(13)11-4-6-12(7-5-11)15-9-3-8-14-2/h4-7,10H,3,8-9,13H2,1-2H3/t10-/m1/s1. The minimum atomic E-state index is 0.0764. The zero-order valence-electron chi connectivity index (χ0n) is 9.40. The van der Waals surface area contributed by atoms with Crippen molar-refractivity contribution < 1.29 is 9.47 Å². The minimum absolute atomic E-state index is 0.0764. The van der Waals surface area contributed by atoms with E-state index in [2.05, 4.69) is 0 Å². The Labute approximate surface area is 91.2 Å². The molecule has 3 heteroatoms. The van der Waals surface area contributed by atoms with Gasteiger partial charge in [-0.15, -0.1) is 0 Å². The van der Waals surface area contributed by atoms with E-state index < -0.39 is 0 Å². The monoisotopic (exact) mass is 209 g/mol. The van der Waals surface area contributed by atoms with Crippen molar-refractivity contribution in [3.8, 4) is 5.75 Å². The van der Waals surface area contributed by atoms with Gasteiger partial charge in [0.05, 0.1) is 6.61 Å². The molecular weight excluding hydrogens is 190 g/mol. The number of ether oxygens (including phenoxy) is 2. The number of hydrogen-bond donors (Lipinski definition) is 1. The molecule has 1 atom stereocenters. The average Bonchev–Trinajstić information content (AvgIpc) is 2.25. The Morgan fingerprint density at radius 3 is 2.40 bits per heavy atom. The Morgan fingerprint density at radius 2 is 1.87 bits per heavy atom. The third kappa shape index (κ3) is 4.32. The number of nitrogens with two attached hydrogens (primary N) is 1. The maximum Gasteiger partial charge on any atom is 0.119 e. The molecule has 3 nitrogen and oxygen atoms in total. The van der Waals surface area contributed by atoms with Gasteiger partial charge in [-0.2, -0.15) is 0 Å². The maximum atomic E-state index is 5.75. The fourth-order valence-corrected chi connectivity index (χ4v) is 1.26. The minimum Gasteiger partial charge on any atom is -0.494 e. The molecule has 1 aromatic carbocycles. The molecule has 2 N–H and O–H groups in total. The van der Waals surface area contributed by atoms with Crippen LogP contribution < -0.4 is 10.5 Å². The van der Waals surface area contributed by atoms with E-state index in [1.807, 2.05) is 31.2 Å². The van der Waals surface area contributed by atoms with Gasteiger partial charge < -0.3 is 15.2 Å². The van der Waals surface area contributed by atoms with E-state index in [0.717, 1.165) is 24.3 Å². The highest BCUT2D eigenvalue weighted by molar-refractivity contribution is 5.28. The maximum absolute atomic E-state index is 5.75. The molecule has 0 spiro atoms. The van der Waals surface area contributed by atoms with E-state index in [0.29, 0.717) is 6.61 Å². The highest BCUT2D eigenvalue weighted by Crippen LogP contribution is 2.15. The first-order valence-corrected chi connectivity index (χ1v) is 5.21. The lowest BCUT2D eigenvalue weighted by molar-refractivity contribution is 0.172. The summed E-state index contributed by atoms with van der Waals surface area (Å²) >= 11 is 0. The zero-order valence-corrected chi connectivity index (χ0v) is 9.40. The van der Waals surface area contributed by atoms with Crippen molar-refractivity contribution in [1.29, 1.82) is 0 Å². The Morgan fingerprint density at radius 1 is 1.20 bits per heavy atom. The number of hydrogen-bond acceptors (Lipinski definition) is 3. The van der Waals surface area contributed by atoms with Gasteiger partial charge in [0.1, 0.15) is 5.75 Å². The second-order valence-electron chi connectivity index (χ2n) is 3.55. The van der Waals surface area contributed by atoms with Gasteiger partial charge in [0, 0.05) is 26.2 Å². The molecule has 0 bridgehead atoms. The third-order valence-electron chi connectivity index (χ3n) is 2.17. The normalized spacial score (nSPS) is 12.5. The van der Waals surface area contributed by atoms with Crippen molar-refractivity contribution in [2.75, 3.05) is 20.3 Å². The lowest BCUT2D eigenvalue weighted by Crippen LogP contribution is -2.05. The van der Waals surface area contributed by atoms with Crippen LogP contribution in [-0.4, -0.2) is 20.3 Å². The van der Waals surface area contributed by atoms with Crippen molar-refractivity contribution in [1.82, 2.24) is 0 Å². The molecule has 15 heavy (non-hydrogen) atoms. The molecule has 1 aromatic rings. The van der Waals surface area contributed by atoms with Gasteiger partial charge in [-0.05, 0) is 24.6 Å². The molecule has 0 saturated carbocycles. The summed E-state index contributed by atoms with van der Waals surface area (Å²) in [7, 11) is 1.69. The van der Waals surface area contributed by atoms with Gasteiger partial charge in [-0.3, -0.25) is 0 Å². The third-order valence-corrected chi connectivity index (χ3v) is 2.17. The zero-order chi connectivity index (χ0) is 11.1. The van der Waals surface area contributed by atoms with Crippen LogP contribution in [0.25, 0.3) is 0 Å². The molecule has 0 fully saturated rings. The van der Waals surface area contributed by atoms with E-state index >= 15 is 0 Å². The fourth-order valence-electron chi connectivity index (χ4n) is 1.26. The smallest absolute Gasteiger partial charge is 0.119 e. The van der Waals surface area contributed by atoms with E-state index in [-0.39, 0.29) is 6.04 Å². The van der Waals surface area contributed by atoms with Gasteiger partial charge in [-0.25, -0.2) is 0 Å². The van der Waals surface area contributed by atoms with Crippen molar-refractivity contribution in [2.24, 2.45) is 5.73 Å². The molecule has 84 valence electrons. The van der Waals surface area contributed by atoms with Crippen LogP contribution in [0.2, 0.25) is 0 Å².